The maximum Gasteiger partial charge on any atom is 0.337 e. The number of benzene rings is 3. The summed E-state index contributed by atoms with van der Waals surface area (Å²) in [6.45, 7) is 8.64. The normalized spacial score (nSPS) is 11.4. The minimum Gasteiger partial charge on any atom is -0.465 e. The van der Waals surface area contributed by atoms with Crippen molar-refractivity contribution in [3.05, 3.63) is 95.7 Å². The number of ether oxygens (including phenoxy) is 1. The minimum atomic E-state index is -0.399. The lowest BCUT2D eigenvalue weighted by Crippen LogP contribution is -2.34. The molecule has 5 heteroatoms. The fourth-order valence-corrected chi connectivity index (χ4v) is 4.18. The second-order valence-electron chi connectivity index (χ2n) is 10.3. The van der Waals surface area contributed by atoms with Crippen molar-refractivity contribution in [1.29, 1.82) is 0 Å². The van der Waals surface area contributed by atoms with Gasteiger partial charge in [-0.05, 0) is 58.7 Å². The number of fused-ring (bicyclic) bond motifs is 1. The zero-order valence-corrected chi connectivity index (χ0v) is 21.5. The van der Waals surface area contributed by atoms with E-state index in [0.29, 0.717) is 24.3 Å². The van der Waals surface area contributed by atoms with E-state index >= 15 is 0 Å². The van der Waals surface area contributed by atoms with E-state index in [9.17, 15) is 9.59 Å². The zero-order chi connectivity index (χ0) is 25.9. The highest BCUT2D eigenvalue weighted by Gasteiger charge is 2.25. The van der Waals surface area contributed by atoms with E-state index < -0.39 is 5.97 Å². The lowest BCUT2D eigenvalue weighted by atomic mass is 9.91. The summed E-state index contributed by atoms with van der Waals surface area (Å²) in [6.07, 6.45) is 2.06. The molecule has 0 saturated carbocycles. The number of amides is 1. The Labute approximate surface area is 212 Å². The largest absolute Gasteiger partial charge is 0.465 e. The Bertz CT molecular complexity index is 1380. The molecular formula is C31H32N2O3. The first-order valence-electron chi connectivity index (χ1n) is 12.1. The summed E-state index contributed by atoms with van der Waals surface area (Å²) in [7, 11) is 1.36. The van der Waals surface area contributed by atoms with E-state index in [1.807, 2.05) is 12.1 Å². The Morgan fingerprint density at radius 1 is 0.889 bits per heavy atom. The van der Waals surface area contributed by atoms with Crippen LogP contribution < -0.4 is 4.90 Å². The molecule has 36 heavy (non-hydrogen) atoms. The Hall–Kier alpha value is -3.99. The second kappa shape index (κ2) is 10.3. The standard InChI is InChI=1S/C31H32N2O3/c1-21-6-10-23(11-7-21)24-12-8-22(9-13-24)20-33(28(34)19-31(2,3)4)29-27-15-14-26(30(35)36-5)18-25(27)16-17-32-29/h6-18H,19-20H2,1-5H3. The highest BCUT2D eigenvalue weighted by molar-refractivity contribution is 6.04. The summed E-state index contributed by atoms with van der Waals surface area (Å²) in [6, 6.07) is 23.9. The fraction of sp³-hybridized carbons (Fsp3) is 0.258. The Kier molecular flexibility index (Phi) is 7.20. The summed E-state index contributed by atoms with van der Waals surface area (Å²) in [5.74, 6) is 0.188. The van der Waals surface area contributed by atoms with Crippen molar-refractivity contribution < 1.29 is 14.3 Å². The van der Waals surface area contributed by atoms with Crippen LogP contribution in [0.2, 0.25) is 0 Å². The molecule has 1 amide bonds. The number of rotatable bonds is 6. The van der Waals surface area contributed by atoms with E-state index in [-0.39, 0.29) is 11.3 Å². The number of carbonyl (C=O) groups excluding carboxylic acids is 2. The van der Waals surface area contributed by atoms with Gasteiger partial charge >= 0.3 is 5.97 Å². The molecule has 5 nitrogen and oxygen atoms in total. The van der Waals surface area contributed by atoms with Gasteiger partial charge in [0.1, 0.15) is 5.82 Å². The van der Waals surface area contributed by atoms with E-state index in [1.54, 1.807) is 23.2 Å². The molecule has 0 bridgehead atoms. The summed E-state index contributed by atoms with van der Waals surface area (Å²) in [5.41, 5.74) is 4.81. The lowest BCUT2D eigenvalue weighted by Gasteiger charge is -2.27. The molecular weight excluding hydrogens is 448 g/mol. The molecule has 1 aromatic heterocycles. The molecule has 184 valence electrons. The van der Waals surface area contributed by atoms with Crippen LogP contribution in [0.4, 0.5) is 5.82 Å². The van der Waals surface area contributed by atoms with E-state index in [2.05, 4.69) is 81.2 Å². The van der Waals surface area contributed by atoms with Crippen molar-refractivity contribution in [2.24, 2.45) is 5.41 Å². The number of pyridine rings is 1. The number of esters is 1. The molecule has 0 radical (unpaired) electrons. The van der Waals surface area contributed by atoms with Crippen LogP contribution in [0.1, 0.15) is 48.7 Å². The third-order valence-electron chi connectivity index (χ3n) is 6.08. The van der Waals surface area contributed by atoms with Crippen LogP contribution in [0, 0.1) is 12.3 Å². The Morgan fingerprint density at radius 3 is 2.14 bits per heavy atom. The zero-order valence-electron chi connectivity index (χ0n) is 21.5. The predicted molar refractivity (Wildman–Crippen MR) is 145 cm³/mol. The smallest absolute Gasteiger partial charge is 0.337 e. The van der Waals surface area contributed by atoms with Gasteiger partial charge in [0.2, 0.25) is 5.91 Å². The summed E-state index contributed by atoms with van der Waals surface area (Å²) >= 11 is 0. The maximum atomic E-state index is 13.6. The van der Waals surface area contributed by atoms with Crippen molar-refractivity contribution in [2.45, 2.75) is 40.7 Å². The molecule has 1 heterocycles. The number of aryl methyl sites for hydroxylation is 1. The number of hydrogen-bond donors (Lipinski definition) is 0. The first kappa shape index (κ1) is 25.1. The molecule has 0 atom stereocenters. The number of hydrogen-bond acceptors (Lipinski definition) is 4. The quantitative estimate of drug-likeness (QED) is 0.280. The van der Waals surface area contributed by atoms with E-state index in [0.717, 1.165) is 27.5 Å². The summed E-state index contributed by atoms with van der Waals surface area (Å²) < 4.78 is 4.86. The summed E-state index contributed by atoms with van der Waals surface area (Å²) in [4.78, 5) is 32.0. The van der Waals surface area contributed by atoms with Crippen LogP contribution in [-0.4, -0.2) is 24.0 Å². The van der Waals surface area contributed by atoms with Crippen LogP contribution in [0.5, 0.6) is 0 Å². The van der Waals surface area contributed by atoms with Gasteiger partial charge in [-0.25, -0.2) is 9.78 Å². The Balaban J connectivity index is 1.70. The van der Waals surface area contributed by atoms with Gasteiger partial charge in [0.25, 0.3) is 0 Å². The lowest BCUT2D eigenvalue weighted by molar-refractivity contribution is -0.120. The van der Waals surface area contributed by atoms with Crippen molar-refractivity contribution in [1.82, 2.24) is 4.98 Å². The first-order valence-corrected chi connectivity index (χ1v) is 12.1. The number of methoxy groups -OCH3 is 1. The molecule has 4 aromatic rings. The van der Waals surface area contributed by atoms with Crippen molar-refractivity contribution >= 4 is 28.5 Å². The average molecular weight is 481 g/mol. The van der Waals surface area contributed by atoms with Gasteiger partial charge < -0.3 is 4.74 Å². The van der Waals surface area contributed by atoms with Crippen LogP contribution in [0.3, 0.4) is 0 Å². The van der Waals surface area contributed by atoms with Gasteiger partial charge in [0.15, 0.2) is 0 Å². The van der Waals surface area contributed by atoms with E-state index in [4.69, 9.17) is 4.74 Å². The second-order valence-corrected chi connectivity index (χ2v) is 10.3. The van der Waals surface area contributed by atoms with Gasteiger partial charge in [0.05, 0.1) is 19.2 Å². The van der Waals surface area contributed by atoms with Gasteiger partial charge in [0, 0.05) is 18.0 Å². The number of nitrogens with zero attached hydrogens (tertiary/aromatic N) is 2. The van der Waals surface area contributed by atoms with Crippen molar-refractivity contribution in [3.8, 4) is 11.1 Å². The van der Waals surface area contributed by atoms with E-state index in [1.165, 1.54) is 12.7 Å². The third kappa shape index (κ3) is 5.80. The van der Waals surface area contributed by atoms with Crippen LogP contribution in [0.15, 0.2) is 79.0 Å². The molecule has 0 spiro atoms. The van der Waals surface area contributed by atoms with Crippen molar-refractivity contribution in [2.75, 3.05) is 12.0 Å². The number of anilines is 1. The van der Waals surface area contributed by atoms with Crippen LogP contribution in [-0.2, 0) is 16.1 Å². The summed E-state index contributed by atoms with van der Waals surface area (Å²) in [5, 5.41) is 1.63. The minimum absolute atomic E-state index is 0.00200. The molecule has 4 rings (SSSR count). The van der Waals surface area contributed by atoms with Crippen LogP contribution >= 0.6 is 0 Å². The molecule has 0 aliphatic heterocycles. The molecule has 0 aliphatic rings. The number of aromatic nitrogens is 1. The topological polar surface area (TPSA) is 59.5 Å². The van der Waals surface area contributed by atoms with Gasteiger partial charge in [-0.3, -0.25) is 9.69 Å². The molecule has 0 unspecified atom stereocenters. The van der Waals surface area contributed by atoms with Gasteiger partial charge in [-0.1, -0.05) is 74.9 Å². The molecule has 0 fully saturated rings. The molecule has 0 N–H and O–H groups in total. The third-order valence-corrected chi connectivity index (χ3v) is 6.08. The monoisotopic (exact) mass is 480 g/mol. The maximum absolute atomic E-state index is 13.6. The van der Waals surface area contributed by atoms with Crippen molar-refractivity contribution in [3.63, 3.8) is 0 Å². The van der Waals surface area contributed by atoms with Gasteiger partial charge in [-0.2, -0.15) is 0 Å². The highest BCUT2D eigenvalue weighted by atomic mass is 16.5. The average Bonchev–Trinajstić information content (AvgIpc) is 2.86. The molecule has 3 aromatic carbocycles. The Morgan fingerprint density at radius 2 is 1.53 bits per heavy atom. The fourth-order valence-electron chi connectivity index (χ4n) is 4.18. The first-order chi connectivity index (χ1) is 17.1. The highest BCUT2D eigenvalue weighted by Crippen LogP contribution is 2.30. The predicted octanol–water partition coefficient (Wildman–Crippen LogP) is 6.97. The molecule has 0 saturated heterocycles. The SMILES string of the molecule is COC(=O)c1ccc2c(N(Cc3ccc(-c4ccc(C)cc4)cc3)C(=O)CC(C)(C)C)nccc2c1. The van der Waals surface area contributed by atoms with Gasteiger partial charge in [-0.15, -0.1) is 0 Å². The number of carbonyl (C=O) groups is 2. The molecule has 0 aliphatic carbocycles. The van der Waals surface area contributed by atoms with Crippen LogP contribution in [0.25, 0.3) is 21.9 Å².